The minimum atomic E-state index is -0.565. The first kappa shape index (κ1) is 16.5. The number of benzene rings is 2. The van der Waals surface area contributed by atoms with Crippen molar-refractivity contribution in [3.05, 3.63) is 77.0 Å². The number of nitrogens with zero attached hydrogens (tertiary/aromatic N) is 1. The maximum atomic E-state index is 13.7. The molecule has 1 aliphatic heterocycles. The molecule has 0 bridgehead atoms. The topological polar surface area (TPSA) is 34.2 Å². The summed E-state index contributed by atoms with van der Waals surface area (Å²) in [5.41, 5.74) is 4.42. The van der Waals surface area contributed by atoms with Crippen molar-refractivity contribution in [3.8, 4) is 16.9 Å². The van der Waals surface area contributed by atoms with Crippen LogP contribution in [0.15, 0.2) is 48.7 Å². The van der Waals surface area contributed by atoms with Crippen molar-refractivity contribution in [2.45, 2.75) is 19.9 Å². The molecule has 0 saturated heterocycles. The average Bonchev–Trinajstić information content (AvgIpc) is 3.11. The predicted octanol–water partition coefficient (Wildman–Crippen LogP) is 4.88. The van der Waals surface area contributed by atoms with Crippen LogP contribution >= 0.6 is 0 Å². The van der Waals surface area contributed by atoms with Crippen LogP contribution in [0.3, 0.4) is 0 Å². The van der Waals surface area contributed by atoms with Gasteiger partial charge in [-0.1, -0.05) is 6.07 Å². The van der Waals surface area contributed by atoms with Crippen LogP contribution in [-0.4, -0.2) is 11.6 Å². The third-order valence-corrected chi connectivity index (χ3v) is 4.57. The van der Waals surface area contributed by atoms with Crippen LogP contribution in [0.4, 0.5) is 14.6 Å². The van der Waals surface area contributed by atoms with Crippen LogP contribution in [0, 0.1) is 18.6 Å². The number of hydrogen-bond acceptors (Lipinski definition) is 3. The lowest BCUT2D eigenvalue weighted by molar-refractivity contribution is 0.354. The molecule has 0 atom stereocenters. The van der Waals surface area contributed by atoms with Crippen LogP contribution in [0.5, 0.6) is 5.75 Å². The quantitative estimate of drug-likeness (QED) is 0.726. The van der Waals surface area contributed by atoms with E-state index in [-0.39, 0.29) is 12.1 Å². The summed E-state index contributed by atoms with van der Waals surface area (Å²) in [5.74, 6) is 0.430. The summed E-state index contributed by atoms with van der Waals surface area (Å²) in [5, 5.41) is 2.96. The molecular weight excluding hydrogens is 334 g/mol. The Labute approximate surface area is 150 Å². The number of halogens is 2. The molecule has 0 radical (unpaired) electrons. The van der Waals surface area contributed by atoms with Crippen molar-refractivity contribution in [3.63, 3.8) is 0 Å². The van der Waals surface area contributed by atoms with E-state index in [1.165, 1.54) is 23.8 Å². The average molecular weight is 352 g/mol. The molecule has 0 spiro atoms. The third-order valence-electron chi connectivity index (χ3n) is 4.57. The zero-order chi connectivity index (χ0) is 18.1. The largest absolute Gasteiger partial charge is 0.493 e. The van der Waals surface area contributed by atoms with Gasteiger partial charge < -0.3 is 10.1 Å². The van der Waals surface area contributed by atoms with E-state index in [2.05, 4.69) is 22.4 Å². The molecule has 3 nitrogen and oxygen atoms in total. The highest BCUT2D eigenvalue weighted by Gasteiger charge is 2.16. The molecule has 0 aliphatic carbocycles. The van der Waals surface area contributed by atoms with E-state index >= 15 is 0 Å². The Balaban J connectivity index is 1.52. The molecule has 0 amide bonds. The molecular formula is C21H18F2N2O. The van der Waals surface area contributed by atoms with Gasteiger partial charge in [-0.3, -0.25) is 0 Å². The Morgan fingerprint density at radius 2 is 1.88 bits per heavy atom. The highest BCUT2D eigenvalue weighted by Crippen LogP contribution is 2.34. The van der Waals surface area contributed by atoms with Gasteiger partial charge in [-0.15, -0.1) is 0 Å². The van der Waals surface area contributed by atoms with Gasteiger partial charge in [0.2, 0.25) is 0 Å². The molecule has 2 aromatic carbocycles. The van der Waals surface area contributed by atoms with Gasteiger partial charge in [0.05, 0.1) is 6.61 Å². The first-order valence-corrected chi connectivity index (χ1v) is 8.51. The summed E-state index contributed by atoms with van der Waals surface area (Å²) in [4.78, 5) is 4.37. The number of anilines is 1. The SMILES string of the molecule is Cc1cc(-c2ccc(NCc3c(F)cccc3F)nc2)cc2c1OCC2. The first-order chi connectivity index (χ1) is 12.6. The first-order valence-electron chi connectivity index (χ1n) is 8.51. The molecule has 1 N–H and O–H groups in total. The van der Waals surface area contributed by atoms with E-state index in [9.17, 15) is 8.78 Å². The molecule has 0 unspecified atom stereocenters. The number of rotatable bonds is 4. The third kappa shape index (κ3) is 3.12. The number of fused-ring (bicyclic) bond motifs is 1. The Morgan fingerprint density at radius 3 is 2.62 bits per heavy atom. The second kappa shape index (κ2) is 6.75. The Hall–Kier alpha value is -2.95. The molecule has 3 aromatic rings. The molecule has 26 heavy (non-hydrogen) atoms. The van der Waals surface area contributed by atoms with E-state index < -0.39 is 11.6 Å². The van der Waals surface area contributed by atoms with Crippen LogP contribution in [0.2, 0.25) is 0 Å². The molecule has 1 aliphatic rings. The van der Waals surface area contributed by atoms with Crippen molar-refractivity contribution in [2.24, 2.45) is 0 Å². The number of ether oxygens (including phenoxy) is 1. The minimum absolute atomic E-state index is 0.00706. The van der Waals surface area contributed by atoms with Gasteiger partial charge in [-0.2, -0.15) is 0 Å². The molecule has 132 valence electrons. The Morgan fingerprint density at radius 1 is 1.08 bits per heavy atom. The van der Waals surface area contributed by atoms with E-state index in [0.29, 0.717) is 5.82 Å². The number of hydrogen-bond donors (Lipinski definition) is 1. The highest BCUT2D eigenvalue weighted by molar-refractivity contribution is 5.68. The summed E-state index contributed by atoms with van der Waals surface area (Å²) >= 11 is 0. The second-order valence-electron chi connectivity index (χ2n) is 6.37. The van der Waals surface area contributed by atoms with Gasteiger partial charge in [0.15, 0.2) is 0 Å². The summed E-state index contributed by atoms with van der Waals surface area (Å²) in [6.45, 7) is 2.81. The van der Waals surface area contributed by atoms with Gasteiger partial charge in [-0.05, 0) is 60.0 Å². The van der Waals surface area contributed by atoms with Gasteiger partial charge in [0, 0.05) is 30.3 Å². The number of pyridine rings is 1. The fourth-order valence-corrected chi connectivity index (χ4v) is 3.22. The molecule has 0 saturated carbocycles. The minimum Gasteiger partial charge on any atom is -0.493 e. The summed E-state index contributed by atoms with van der Waals surface area (Å²) < 4.78 is 33.0. The zero-order valence-electron chi connectivity index (χ0n) is 14.4. The van der Waals surface area contributed by atoms with E-state index in [1.807, 2.05) is 19.1 Å². The molecule has 1 aromatic heterocycles. The number of aryl methyl sites for hydroxylation is 1. The van der Waals surface area contributed by atoms with Crippen LogP contribution in [0.25, 0.3) is 11.1 Å². The Bertz CT molecular complexity index is 935. The lowest BCUT2D eigenvalue weighted by Gasteiger charge is -2.10. The van der Waals surface area contributed by atoms with Crippen LogP contribution in [0.1, 0.15) is 16.7 Å². The van der Waals surface area contributed by atoms with Crippen molar-refractivity contribution >= 4 is 5.82 Å². The van der Waals surface area contributed by atoms with Crippen LogP contribution < -0.4 is 10.1 Å². The van der Waals surface area contributed by atoms with E-state index in [0.717, 1.165) is 35.5 Å². The number of nitrogens with one attached hydrogen (secondary N) is 1. The van der Waals surface area contributed by atoms with Gasteiger partial charge in [0.1, 0.15) is 23.2 Å². The van der Waals surface area contributed by atoms with Crippen molar-refractivity contribution in [1.82, 2.24) is 4.98 Å². The molecule has 5 heteroatoms. The van der Waals surface area contributed by atoms with Crippen molar-refractivity contribution in [1.29, 1.82) is 0 Å². The van der Waals surface area contributed by atoms with Crippen LogP contribution in [-0.2, 0) is 13.0 Å². The standard InChI is InChI=1S/C21H18F2N2O/c1-13-9-16(10-14-7-8-26-21(13)14)15-5-6-20(24-11-15)25-12-17-18(22)3-2-4-19(17)23/h2-6,9-11H,7-8,12H2,1H3,(H,24,25). The van der Waals surface area contributed by atoms with Crippen molar-refractivity contribution in [2.75, 3.05) is 11.9 Å². The molecule has 4 rings (SSSR count). The normalized spacial score (nSPS) is 12.6. The van der Waals surface area contributed by atoms with E-state index in [1.54, 1.807) is 6.20 Å². The monoisotopic (exact) mass is 352 g/mol. The van der Waals surface area contributed by atoms with Gasteiger partial charge in [0.25, 0.3) is 0 Å². The summed E-state index contributed by atoms with van der Waals surface area (Å²) in [6.07, 6.45) is 2.68. The molecule has 2 heterocycles. The number of aromatic nitrogens is 1. The molecule has 0 fully saturated rings. The van der Waals surface area contributed by atoms with Gasteiger partial charge >= 0.3 is 0 Å². The van der Waals surface area contributed by atoms with Gasteiger partial charge in [-0.25, -0.2) is 13.8 Å². The predicted molar refractivity (Wildman–Crippen MR) is 97.3 cm³/mol. The lowest BCUT2D eigenvalue weighted by atomic mass is 10.00. The highest BCUT2D eigenvalue weighted by atomic mass is 19.1. The second-order valence-corrected chi connectivity index (χ2v) is 6.37. The fraction of sp³-hybridized carbons (Fsp3) is 0.190. The maximum absolute atomic E-state index is 13.7. The van der Waals surface area contributed by atoms with E-state index in [4.69, 9.17) is 4.74 Å². The lowest BCUT2D eigenvalue weighted by Crippen LogP contribution is -2.05. The summed E-state index contributed by atoms with van der Waals surface area (Å²) in [6, 6.07) is 11.8. The Kier molecular flexibility index (Phi) is 4.29. The van der Waals surface area contributed by atoms with Crippen molar-refractivity contribution < 1.29 is 13.5 Å². The zero-order valence-corrected chi connectivity index (χ0v) is 14.4. The smallest absolute Gasteiger partial charge is 0.131 e. The fourth-order valence-electron chi connectivity index (χ4n) is 3.22. The maximum Gasteiger partial charge on any atom is 0.131 e. The summed E-state index contributed by atoms with van der Waals surface area (Å²) in [7, 11) is 0.